The predicted molar refractivity (Wildman–Crippen MR) is 141 cm³/mol. The zero-order chi connectivity index (χ0) is 24.8. The van der Waals surface area contributed by atoms with Crippen molar-refractivity contribution in [2.75, 3.05) is 35.7 Å². The number of rotatable bonds is 7. The molecule has 0 atom stereocenters. The summed E-state index contributed by atoms with van der Waals surface area (Å²) in [5, 5.41) is 9.27. The Morgan fingerprint density at radius 1 is 0.971 bits per heavy atom. The summed E-state index contributed by atoms with van der Waals surface area (Å²) >= 11 is 6.09. The highest BCUT2D eigenvalue weighted by Gasteiger charge is 2.19. The van der Waals surface area contributed by atoms with Crippen LogP contribution >= 0.6 is 11.6 Å². The fourth-order valence-electron chi connectivity index (χ4n) is 4.14. The molecule has 1 fully saturated rings. The van der Waals surface area contributed by atoms with Gasteiger partial charge < -0.3 is 25.6 Å². The second-order valence-corrected chi connectivity index (χ2v) is 8.90. The van der Waals surface area contributed by atoms with E-state index in [0.717, 1.165) is 42.7 Å². The molecule has 1 aliphatic heterocycles. The minimum Gasteiger partial charge on any atom is -0.496 e. The Hall–Kier alpha value is -3.71. The van der Waals surface area contributed by atoms with Crippen molar-refractivity contribution >= 4 is 40.6 Å². The first-order chi connectivity index (χ1) is 16.9. The molecule has 1 saturated heterocycles. The van der Waals surface area contributed by atoms with E-state index in [0.29, 0.717) is 34.3 Å². The summed E-state index contributed by atoms with van der Waals surface area (Å²) in [6, 6.07) is 17.9. The van der Waals surface area contributed by atoms with Crippen LogP contribution in [0.15, 0.2) is 60.7 Å². The summed E-state index contributed by atoms with van der Waals surface area (Å²) in [6.07, 6.45) is 2.18. The molecule has 1 aliphatic rings. The first-order valence-electron chi connectivity index (χ1n) is 11.6. The maximum absolute atomic E-state index is 13.0. The van der Waals surface area contributed by atoms with E-state index >= 15 is 0 Å². The number of ether oxygens (including phenoxy) is 1. The molecule has 0 aliphatic carbocycles. The number of aryl methyl sites for hydroxylation is 1. The van der Waals surface area contributed by atoms with Gasteiger partial charge in [-0.15, -0.1) is 0 Å². The number of carbonyl (C=O) groups is 2. The van der Waals surface area contributed by atoms with Gasteiger partial charge in [-0.2, -0.15) is 0 Å². The lowest BCUT2D eigenvalue weighted by Gasteiger charge is -2.22. The summed E-state index contributed by atoms with van der Waals surface area (Å²) in [4.78, 5) is 28.0. The third-order valence-electron chi connectivity index (χ3n) is 6.03. The molecule has 7 nitrogen and oxygen atoms in total. The van der Waals surface area contributed by atoms with Crippen molar-refractivity contribution < 1.29 is 14.3 Å². The number of para-hydroxylation sites is 1. The van der Waals surface area contributed by atoms with Crippen LogP contribution in [-0.4, -0.2) is 32.1 Å². The number of hydrogen-bond acceptors (Lipinski definition) is 4. The molecule has 0 bridgehead atoms. The molecule has 0 spiro atoms. The Bertz CT molecular complexity index is 1220. The lowest BCUT2D eigenvalue weighted by Crippen LogP contribution is -2.26. The number of nitrogens with zero attached hydrogens (tertiary/aromatic N) is 1. The molecule has 182 valence electrons. The van der Waals surface area contributed by atoms with E-state index in [1.165, 1.54) is 0 Å². The van der Waals surface area contributed by atoms with Gasteiger partial charge in [-0.1, -0.05) is 35.9 Å². The van der Waals surface area contributed by atoms with Crippen LogP contribution in [0.1, 0.15) is 34.3 Å². The first kappa shape index (κ1) is 24.4. The standard InChI is InChI=1S/C27H29ClN4O3/c1-18-9-11-21(28)16-22(18)30-27(34)31-23-15-19(10-12-24(23)32-13-5-6-14-32)26(33)29-17-20-7-3-4-8-25(20)35-2/h3-4,7-12,15-16H,5-6,13-14,17H2,1-2H3,(H,29,33)(H2,30,31,34). The Labute approximate surface area is 210 Å². The number of halogens is 1. The van der Waals surface area contributed by atoms with E-state index in [1.807, 2.05) is 43.3 Å². The van der Waals surface area contributed by atoms with Gasteiger partial charge >= 0.3 is 6.03 Å². The Kier molecular flexibility index (Phi) is 7.77. The molecule has 3 N–H and O–H groups in total. The lowest BCUT2D eigenvalue weighted by atomic mass is 10.1. The molecule has 3 aromatic carbocycles. The van der Waals surface area contributed by atoms with E-state index in [-0.39, 0.29) is 5.91 Å². The number of urea groups is 1. The molecule has 0 unspecified atom stereocenters. The van der Waals surface area contributed by atoms with Gasteiger partial charge in [-0.3, -0.25) is 4.79 Å². The second-order valence-electron chi connectivity index (χ2n) is 8.46. The zero-order valence-electron chi connectivity index (χ0n) is 19.9. The van der Waals surface area contributed by atoms with E-state index in [2.05, 4.69) is 20.9 Å². The molecule has 4 rings (SSSR count). The van der Waals surface area contributed by atoms with Crippen molar-refractivity contribution in [3.8, 4) is 5.75 Å². The third kappa shape index (κ3) is 6.05. The van der Waals surface area contributed by atoms with Crippen LogP contribution in [0, 0.1) is 6.92 Å². The topological polar surface area (TPSA) is 82.7 Å². The van der Waals surface area contributed by atoms with Crippen LogP contribution in [0.5, 0.6) is 5.75 Å². The van der Waals surface area contributed by atoms with Crippen molar-refractivity contribution in [3.63, 3.8) is 0 Å². The van der Waals surface area contributed by atoms with Crippen molar-refractivity contribution in [1.29, 1.82) is 0 Å². The number of anilines is 3. The number of methoxy groups -OCH3 is 1. The van der Waals surface area contributed by atoms with Crippen molar-refractivity contribution in [2.45, 2.75) is 26.3 Å². The number of nitrogens with one attached hydrogen (secondary N) is 3. The fraction of sp³-hybridized carbons (Fsp3) is 0.259. The summed E-state index contributed by atoms with van der Waals surface area (Å²) in [5.41, 5.74) is 4.33. The minimum absolute atomic E-state index is 0.238. The molecule has 1 heterocycles. The molecule has 0 aromatic heterocycles. The van der Waals surface area contributed by atoms with Gasteiger partial charge in [0.25, 0.3) is 5.91 Å². The van der Waals surface area contributed by atoms with Gasteiger partial charge in [0.05, 0.1) is 18.5 Å². The number of carbonyl (C=O) groups excluding carboxylic acids is 2. The van der Waals surface area contributed by atoms with Gasteiger partial charge in [0.2, 0.25) is 0 Å². The molecule has 35 heavy (non-hydrogen) atoms. The normalized spacial score (nSPS) is 12.8. The van der Waals surface area contributed by atoms with Crippen LogP contribution < -0.4 is 25.6 Å². The van der Waals surface area contributed by atoms with Crippen LogP contribution in [0.25, 0.3) is 0 Å². The van der Waals surface area contributed by atoms with Gasteiger partial charge in [-0.05, 0) is 61.7 Å². The summed E-state index contributed by atoms with van der Waals surface area (Å²) in [5.74, 6) is 0.477. The fourth-order valence-corrected chi connectivity index (χ4v) is 4.31. The molecular weight excluding hydrogens is 464 g/mol. The maximum Gasteiger partial charge on any atom is 0.323 e. The van der Waals surface area contributed by atoms with Crippen LogP contribution in [0.4, 0.5) is 21.9 Å². The SMILES string of the molecule is COc1ccccc1CNC(=O)c1ccc(N2CCCC2)c(NC(=O)Nc2cc(Cl)ccc2C)c1. The Balaban J connectivity index is 1.53. The smallest absolute Gasteiger partial charge is 0.323 e. The number of hydrogen-bond donors (Lipinski definition) is 3. The number of benzene rings is 3. The highest BCUT2D eigenvalue weighted by Crippen LogP contribution is 2.31. The van der Waals surface area contributed by atoms with Crippen LogP contribution in [0.3, 0.4) is 0 Å². The van der Waals surface area contributed by atoms with Gasteiger partial charge in [0.1, 0.15) is 5.75 Å². The van der Waals surface area contributed by atoms with Gasteiger partial charge in [0, 0.05) is 41.5 Å². The molecule has 0 saturated carbocycles. The van der Waals surface area contributed by atoms with Crippen molar-refractivity contribution in [2.24, 2.45) is 0 Å². The highest BCUT2D eigenvalue weighted by molar-refractivity contribution is 6.31. The first-order valence-corrected chi connectivity index (χ1v) is 12.0. The monoisotopic (exact) mass is 492 g/mol. The van der Waals surface area contributed by atoms with Crippen molar-refractivity contribution in [1.82, 2.24) is 5.32 Å². The van der Waals surface area contributed by atoms with Gasteiger partial charge in [0.15, 0.2) is 0 Å². The van der Waals surface area contributed by atoms with E-state index in [9.17, 15) is 9.59 Å². The maximum atomic E-state index is 13.0. The summed E-state index contributed by atoms with van der Waals surface area (Å²) in [7, 11) is 1.60. The molecule has 8 heteroatoms. The summed E-state index contributed by atoms with van der Waals surface area (Å²) < 4.78 is 5.36. The van der Waals surface area contributed by atoms with E-state index < -0.39 is 6.03 Å². The quantitative estimate of drug-likeness (QED) is 0.387. The lowest BCUT2D eigenvalue weighted by molar-refractivity contribution is 0.0950. The molecule has 0 radical (unpaired) electrons. The second kappa shape index (κ2) is 11.1. The average molecular weight is 493 g/mol. The summed E-state index contributed by atoms with van der Waals surface area (Å²) in [6.45, 7) is 4.04. The highest BCUT2D eigenvalue weighted by atomic mass is 35.5. The van der Waals surface area contributed by atoms with Crippen molar-refractivity contribution in [3.05, 3.63) is 82.4 Å². The minimum atomic E-state index is -0.401. The molecule has 3 amide bonds. The number of amides is 3. The molecule has 3 aromatic rings. The van der Waals surface area contributed by atoms with Crippen LogP contribution in [0.2, 0.25) is 5.02 Å². The third-order valence-corrected chi connectivity index (χ3v) is 6.27. The largest absolute Gasteiger partial charge is 0.496 e. The van der Waals surface area contributed by atoms with E-state index in [4.69, 9.17) is 16.3 Å². The predicted octanol–water partition coefficient (Wildman–Crippen LogP) is 5.83. The van der Waals surface area contributed by atoms with E-state index in [1.54, 1.807) is 31.4 Å². The molecular formula is C27H29ClN4O3. The van der Waals surface area contributed by atoms with Crippen LogP contribution in [-0.2, 0) is 6.54 Å². The van der Waals surface area contributed by atoms with Gasteiger partial charge in [-0.25, -0.2) is 4.79 Å². The Morgan fingerprint density at radius 3 is 2.49 bits per heavy atom. The average Bonchev–Trinajstić information content (AvgIpc) is 3.39. The zero-order valence-corrected chi connectivity index (χ0v) is 20.6. The Morgan fingerprint density at radius 2 is 1.71 bits per heavy atom.